The van der Waals surface area contributed by atoms with Crippen molar-refractivity contribution in [1.29, 1.82) is 0 Å². The summed E-state index contributed by atoms with van der Waals surface area (Å²) in [6.45, 7) is 0. The van der Waals surface area contributed by atoms with Gasteiger partial charge in [0.15, 0.2) is 0 Å². The molecule has 0 aromatic rings. The minimum atomic E-state index is -0.585. The summed E-state index contributed by atoms with van der Waals surface area (Å²) >= 11 is 0. The lowest BCUT2D eigenvalue weighted by atomic mass is 11.6. The molecule has 0 bridgehead atoms. The monoisotopic (exact) mass is 125 g/mol. The van der Waals surface area contributed by atoms with Gasteiger partial charge in [0.25, 0.3) is 0 Å². The van der Waals surface area contributed by atoms with Gasteiger partial charge in [-0.1, -0.05) is 0 Å². The molecule has 0 aromatic carbocycles. The molecule has 0 saturated carbocycles. The summed E-state index contributed by atoms with van der Waals surface area (Å²) in [4.78, 5) is 0. The molecule has 0 N–H and O–H groups in total. The SMILES string of the molecule is CN([PH+]=O)[PH+]=O. The van der Waals surface area contributed by atoms with E-state index in [0.717, 1.165) is 0 Å². The lowest BCUT2D eigenvalue weighted by Gasteiger charge is -1.61. The van der Waals surface area contributed by atoms with Crippen molar-refractivity contribution < 1.29 is 9.13 Å². The molecule has 6 heavy (non-hydrogen) atoms. The summed E-state index contributed by atoms with van der Waals surface area (Å²) in [5.41, 5.74) is 0. The van der Waals surface area contributed by atoms with Crippen molar-refractivity contribution >= 4 is 17.2 Å². The fourth-order valence-corrected chi connectivity index (χ4v) is 0.168. The lowest BCUT2D eigenvalue weighted by Crippen LogP contribution is -1.79. The maximum Gasteiger partial charge on any atom is 0.463 e. The minimum Gasteiger partial charge on any atom is -0.0489 e. The van der Waals surface area contributed by atoms with E-state index in [9.17, 15) is 9.13 Å². The van der Waals surface area contributed by atoms with Gasteiger partial charge in [-0.2, -0.15) is 0 Å². The highest BCUT2D eigenvalue weighted by molar-refractivity contribution is 7.37. The molecule has 0 rings (SSSR count). The maximum absolute atomic E-state index is 9.62. The Hall–Kier alpha value is 0.160. The van der Waals surface area contributed by atoms with E-state index in [-0.39, 0.29) is 0 Å². The summed E-state index contributed by atoms with van der Waals surface area (Å²) in [7, 11) is 0.340. The average molecular weight is 125 g/mol. The van der Waals surface area contributed by atoms with Crippen molar-refractivity contribution in [3.8, 4) is 0 Å². The van der Waals surface area contributed by atoms with Gasteiger partial charge in [0.1, 0.15) is 4.44 Å². The Morgan fingerprint density at radius 2 is 1.67 bits per heavy atom. The van der Waals surface area contributed by atoms with E-state index in [2.05, 4.69) is 0 Å². The Bertz CT molecular complexity index is 56.6. The predicted molar refractivity (Wildman–Crippen MR) is 25.8 cm³/mol. The highest BCUT2D eigenvalue weighted by atomic mass is 31.1. The Kier molecular flexibility index (Phi) is 3.44. The van der Waals surface area contributed by atoms with Gasteiger partial charge in [0.2, 0.25) is 0 Å². The maximum atomic E-state index is 9.62. The Balaban J connectivity index is 3.21. The Labute approximate surface area is 38.9 Å². The van der Waals surface area contributed by atoms with Crippen molar-refractivity contribution in [2.75, 3.05) is 7.05 Å². The van der Waals surface area contributed by atoms with Crippen LogP contribution in [-0.4, -0.2) is 11.5 Å². The first-order chi connectivity index (χ1) is 2.81. The highest BCUT2D eigenvalue weighted by Gasteiger charge is 2.07. The zero-order valence-corrected chi connectivity index (χ0v) is 5.26. The molecule has 0 heterocycles. The van der Waals surface area contributed by atoms with Crippen LogP contribution < -0.4 is 0 Å². The molecule has 3 nitrogen and oxygen atoms in total. The zero-order chi connectivity index (χ0) is 4.99. The van der Waals surface area contributed by atoms with Gasteiger partial charge in [-0.25, -0.2) is 0 Å². The van der Waals surface area contributed by atoms with Crippen LogP contribution in [-0.2, 0) is 9.13 Å². The number of hydrogen-bond acceptors (Lipinski definition) is 2. The Morgan fingerprint density at radius 1 is 1.33 bits per heavy atom. The predicted octanol–water partition coefficient (Wildman–Crippen LogP) is 0.796. The van der Waals surface area contributed by atoms with Crippen LogP contribution in [0.1, 0.15) is 0 Å². The molecule has 0 aliphatic heterocycles. The summed E-state index contributed by atoms with van der Waals surface area (Å²) in [5.74, 6) is 0. The fourth-order valence-electron chi connectivity index (χ4n) is 0.0186. The summed E-state index contributed by atoms with van der Waals surface area (Å²) in [5, 5.41) is 0. The molecule has 0 spiro atoms. The molecule has 0 aliphatic carbocycles. The second-order valence-electron chi connectivity index (χ2n) is 0.742. The fraction of sp³-hybridized carbons (Fsp3) is 1.00. The van der Waals surface area contributed by atoms with Crippen molar-refractivity contribution in [3.05, 3.63) is 0 Å². The molecular formula is CH5NO2P2+2. The first-order valence-corrected chi connectivity index (χ1v) is 3.01. The molecule has 0 fully saturated rings. The number of hydrogen-bond donors (Lipinski definition) is 0. The van der Waals surface area contributed by atoms with Gasteiger partial charge in [-0.05, 0) is 9.13 Å². The van der Waals surface area contributed by atoms with Crippen LogP contribution in [0.3, 0.4) is 0 Å². The van der Waals surface area contributed by atoms with Crippen LogP contribution in [0.4, 0.5) is 0 Å². The van der Waals surface area contributed by atoms with Gasteiger partial charge < -0.3 is 0 Å². The molecular weight excluding hydrogens is 120 g/mol. The third-order valence-corrected chi connectivity index (χ3v) is 1.37. The third kappa shape index (κ3) is 2.40. The van der Waals surface area contributed by atoms with E-state index in [1.54, 1.807) is 0 Å². The van der Waals surface area contributed by atoms with Crippen molar-refractivity contribution in [1.82, 2.24) is 4.44 Å². The summed E-state index contributed by atoms with van der Waals surface area (Å²) in [6, 6.07) is 0. The van der Waals surface area contributed by atoms with E-state index in [0.29, 0.717) is 0 Å². The van der Waals surface area contributed by atoms with Crippen molar-refractivity contribution in [2.45, 2.75) is 0 Å². The van der Waals surface area contributed by atoms with E-state index >= 15 is 0 Å². The van der Waals surface area contributed by atoms with Gasteiger partial charge in [-0.3, -0.25) is 0 Å². The molecule has 0 aromatic heterocycles. The minimum absolute atomic E-state index is 0.585. The normalized spacial score (nSPS) is 11.0. The van der Waals surface area contributed by atoms with Gasteiger partial charge in [0, 0.05) is 0 Å². The van der Waals surface area contributed by atoms with Crippen LogP contribution in [0, 0.1) is 0 Å². The molecule has 0 aliphatic rings. The first kappa shape index (κ1) is 6.16. The number of nitrogens with zero attached hydrogens (tertiary/aromatic N) is 1. The lowest BCUT2D eigenvalue weighted by molar-refractivity contribution is 0.560. The molecule has 0 saturated heterocycles. The van der Waals surface area contributed by atoms with Crippen LogP contribution in [0.2, 0.25) is 0 Å². The molecule has 2 unspecified atom stereocenters. The molecule has 5 heteroatoms. The van der Waals surface area contributed by atoms with Crippen LogP contribution >= 0.6 is 17.2 Å². The van der Waals surface area contributed by atoms with E-state index < -0.39 is 17.2 Å². The second kappa shape index (κ2) is 3.35. The molecule has 34 valence electrons. The molecule has 2 atom stereocenters. The van der Waals surface area contributed by atoms with Gasteiger partial charge in [0.05, 0.1) is 7.05 Å². The zero-order valence-electron chi connectivity index (χ0n) is 3.26. The van der Waals surface area contributed by atoms with E-state index in [1.807, 2.05) is 0 Å². The Morgan fingerprint density at radius 3 is 1.67 bits per heavy atom. The van der Waals surface area contributed by atoms with Crippen molar-refractivity contribution in [3.63, 3.8) is 0 Å². The summed E-state index contributed by atoms with van der Waals surface area (Å²) < 4.78 is 20.4. The standard InChI is InChI=1S/CH3NO2P2/c1-2(5-3)6-4/h1H3/p+2. The van der Waals surface area contributed by atoms with Crippen LogP contribution in [0.5, 0.6) is 0 Å². The van der Waals surface area contributed by atoms with Crippen molar-refractivity contribution in [2.24, 2.45) is 0 Å². The molecule has 0 amide bonds. The van der Waals surface area contributed by atoms with Crippen LogP contribution in [0.25, 0.3) is 0 Å². The summed E-state index contributed by atoms with van der Waals surface area (Å²) in [6.07, 6.45) is 0. The first-order valence-electron chi connectivity index (χ1n) is 1.30. The van der Waals surface area contributed by atoms with Gasteiger partial charge in [-0.15, -0.1) is 0 Å². The third-order valence-electron chi connectivity index (χ3n) is 0.274. The largest absolute Gasteiger partial charge is 0.463 e. The molecule has 0 radical (unpaired) electrons. The average Bonchev–Trinajstić information content (AvgIpc) is 1.65. The van der Waals surface area contributed by atoms with Gasteiger partial charge >= 0.3 is 17.2 Å². The van der Waals surface area contributed by atoms with Crippen LogP contribution in [0.15, 0.2) is 0 Å². The number of rotatable bonds is 2. The highest BCUT2D eigenvalue weighted by Crippen LogP contribution is 2.10. The topological polar surface area (TPSA) is 37.4 Å². The van der Waals surface area contributed by atoms with E-state index in [1.165, 1.54) is 11.5 Å². The quantitative estimate of drug-likeness (QED) is 0.512. The second-order valence-corrected chi connectivity index (χ2v) is 2.90. The van der Waals surface area contributed by atoms with E-state index in [4.69, 9.17) is 0 Å². The smallest absolute Gasteiger partial charge is 0.0489 e.